The molecule has 14 heteroatoms. The van der Waals surface area contributed by atoms with E-state index in [1.54, 1.807) is 45.6 Å². The number of ether oxygens (including phenoxy) is 8. The summed E-state index contributed by atoms with van der Waals surface area (Å²) in [5, 5.41) is 25.6. The SMILES string of the molecule is CCN1C[C@]2(COC)[C@H](OC(C)=O)CC(OC)C34C1C(C(OC)[C@@H]32)[C@]1(OC(C)=O)[C@H]2[C@@H](OC(=O)c3ccc(OC)cc3)[C@@](O)(C[C@@H]24)[C@@H](OC)[C@@H]1O. The van der Waals surface area contributed by atoms with Crippen LogP contribution in [0.4, 0.5) is 0 Å². The van der Waals surface area contributed by atoms with Crippen LogP contribution >= 0.6 is 0 Å². The van der Waals surface area contributed by atoms with E-state index < -0.39 is 106 Å². The third-order valence-electron chi connectivity index (χ3n) is 13.8. The molecule has 282 valence electrons. The van der Waals surface area contributed by atoms with Crippen LogP contribution in [0.3, 0.4) is 0 Å². The first-order valence-electron chi connectivity index (χ1n) is 17.8. The number of hydrogen-bond donors (Lipinski definition) is 2. The van der Waals surface area contributed by atoms with E-state index in [1.165, 1.54) is 28.1 Å². The van der Waals surface area contributed by atoms with Crippen LogP contribution < -0.4 is 4.74 Å². The molecule has 7 bridgehead atoms. The third kappa shape index (κ3) is 4.50. The molecule has 1 heterocycles. The Balaban J connectivity index is 1.50. The molecule has 1 aliphatic heterocycles. The van der Waals surface area contributed by atoms with Gasteiger partial charge in [-0.1, -0.05) is 6.92 Å². The van der Waals surface area contributed by atoms with Gasteiger partial charge in [0.25, 0.3) is 0 Å². The summed E-state index contributed by atoms with van der Waals surface area (Å²) in [6, 6.07) is 6.03. The first-order valence-corrected chi connectivity index (χ1v) is 17.8. The van der Waals surface area contributed by atoms with Crippen molar-refractivity contribution in [2.45, 2.75) is 87.5 Å². The van der Waals surface area contributed by atoms with Crippen LogP contribution in [0.1, 0.15) is 44.0 Å². The molecule has 15 atom stereocenters. The molecule has 5 aliphatic carbocycles. The van der Waals surface area contributed by atoms with Crippen molar-refractivity contribution in [2.75, 3.05) is 55.2 Å². The Labute approximate surface area is 297 Å². The summed E-state index contributed by atoms with van der Waals surface area (Å²) in [5.41, 5.74) is -5.07. The Morgan fingerprint density at radius 1 is 0.902 bits per heavy atom. The monoisotopic (exact) mass is 717 g/mol. The molecular formula is C37H51NO13. The molecule has 6 aliphatic rings. The summed E-state index contributed by atoms with van der Waals surface area (Å²) in [6.07, 6.45) is -5.60. The highest BCUT2D eigenvalue weighted by molar-refractivity contribution is 5.89. The fourth-order valence-corrected chi connectivity index (χ4v) is 12.8. The molecule has 0 aromatic heterocycles. The van der Waals surface area contributed by atoms with Gasteiger partial charge in [-0.25, -0.2) is 4.79 Å². The zero-order chi connectivity index (χ0) is 36.8. The van der Waals surface area contributed by atoms with E-state index in [1.807, 2.05) is 6.92 Å². The van der Waals surface area contributed by atoms with Crippen LogP contribution in [0.25, 0.3) is 0 Å². The summed E-state index contributed by atoms with van der Waals surface area (Å²) in [4.78, 5) is 42.4. The fraction of sp³-hybridized carbons (Fsp3) is 0.757. The number of benzene rings is 1. The number of methoxy groups -OCH3 is 5. The Morgan fingerprint density at radius 2 is 1.61 bits per heavy atom. The Bertz CT molecular complexity index is 1540. The normalized spacial score (nSPS) is 46.0. The lowest BCUT2D eigenvalue weighted by Crippen LogP contribution is -2.81. The number of likely N-dealkylation sites (tertiary alicyclic amines) is 1. The maximum Gasteiger partial charge on any atom is 0.338 e. The van der Waals surface area contributed by atoms with Gasteiger partial charge in [0.15, 0.2) is 5.60 Å². The van der Waals surface area contributed by atoms with E-state index in [-0.39, 0.29) is 18.6 Å². The van der Waals surface area contributed by atoms with Gasteiger partial charge in [-0.2, -0.15) is 0 Å². The molecule has 51 heavy (non-hydrogen) atoms. The Kier molecular flexibility index (Phi) is 9.04. The van der Waals surface area contributed by atoms with Gasteiger partial charge in [-0.15, -0.1) is 0 Å². The molecule has 0 radical (unpaired) electrons. The van der Waals surface area contributed by atoms with Crippen LogP contribution in [0.2, 0.25) is 0 Å². The van der Waals surface area contributed by atoms with Crippen molar-refractivity contribution in [1.82, 2.24) is 4.90 Å². The van der Waals surface area contributed by atoms with Gasteiger partial charge in [0.05, 0.1) is 31.5 Å². The highest BCUT2D eigenvalue weighted by Gasteiger charge is 2.92. The Morgan fingerprint density at radius 3 is 2.16 bits per heavy atom. The van der Waals surface area contributed by atoms with Crippen LogP contribution in [-0.4, -0.2) is 142 Å². The maximum atomic E-state index is 14.0. The number of nitrogens with zero attached hydrogens (tertiary/aromatic N) is 1. The number of fused-ring (bicyclic) bond motifs is 2. The highest BCUT2D eigenvalue weighted by Crippen LogP contribution is 2.80. The highest BCUT2D eigenvalue weighted by atomic mass is 16.6. The topological polar surface area (TPSA) is 169 Å². The minimum atomic E-state index is -1.89. The van der Waals surface area contributed by atoms with Gasteiger partial charge in [0, 0.05) is 89.9 Å². The van der Waals surface area contributed by atoms with Crippen LogP contribution in [0.15, 0.2) is 24.3 Å². The van der Waals surface area contributed by atoms with Gasteiger partial charge in [-0.05, 0) is 43.1 Å². The summed E-state index contributed by atoms with van der Waals surface area (Å²) < 4.78 is 49.3. The summed E-state index contributed by atoms with van der Waals surface area (Å²) in [7, 11) is 7.75. The average Bonchev–Trinajstić information content (AvgIpc) is 3.47. The molecule has 14 nitrogen and oxygen atoms in total. The molecule has 7 rings (SSSR count). The van der Waals surface area contributed by atoms with E-state index in [2.05, 4.69) is 4.90 Å². The average molecular weight is 718 g/mol. The molecular weight excluding hydrogens is 666 g/mol. The molecule has 1 spiro atoms. The summed E-state index contributed by atoms with van der Waals surface area (Å²) in [6.45, 7) is 5.95. The lowest BCUT2D eigenvalue weighted by molar-refractivity contribution is -0.322. The van der Waals surface area contributed by atoms with Crippen molar-refractivity contribution in [3.05, 3.63) is 29.8 Å². The van der Waals surface area contributed by atoms with E-state index in [0.717, 1.165) is 0 Å². The molecule has 6 fully saturated rings. The zero-order valence-electron chi connectivity index (χ0n) is 30.5. The fourth-order valence-electron chi connectivity index (χ4n) is 12.8. The number of piperidine rings is 1. The zero-order valence-corrected chi connectivity index (χ0v) is 30.5. The predicted octanol–water partition coefficient (Wildman–Crippen LogP) is 1.23. The summed E-state index contributed by atoms with van der Waals surface area (Å²) in [5.74, 6) is -3.84. The standard InChI is InChI=1S/C37H51NO13/c1-9-38-16-34(17-44-4)23(49-18(2)39)14-24(46-6)36-22-15-35(43)31(50-33(42)20-10-12-21(45-5)13-11-20)25(22)37(51-19(3)40,30(41)32(35)48-8)26(29(36)38)27(47-7)28(34)36/h10-13,22-32,41,43H,9,14-17H2,1-8H3/t22-,23+,24?,25+,26?,27?,28+,29?,30-,31+,32-,34-,35-,36?,37+/m0/s1. The number of carbonyl (C=O) groups excluding carboxylic acids is 3. The number of aliphatic hydroxyl groups is 2. The van der Waals surface area contributed by atoms with Crippen molar-refractivity contribution in [3.8, 4) is 5.75 Å². The van der Waals surface area contributed by atoms with E-state index in [0.29, 0.717) is 25.3 Å². The van der Waals surface area contributed by atoms with E-state index >= 15 is 0 Å². The quantitative estimate of drug-likeness (QED) is 0.248. The van der Waals surface area contributed by atoms with Gasteiger partial charge in [0.1, 0.15) is 35.8 Å². The first-order chi connectivity index (χ1) is 24.3. The van der Waals surface area contributed by atoms with Gasteiger partial charge in [0.2, 0.25) is 0 Å². The second-order valence-electron chi connectivity index (χ2n) is 15.4. The van der Waals surface area contributed by atoms with Crippen molar-refractivity contribution in [2.24, 2.45) is 34.5 Å². The number of carbonyl (C=O) groups is 3. The van der Waals surface area contributed by atoms with Crippen LogP contribution in [0.5, 0.6) is 5.75 Å². The minimum absolute atomic E-state index is 0.0334. The molecule has 1 aromatic rings. The molecule has 2 N–H and O–H groups in total. The van der Waals surface area contributed by atoms with Gasteiger partial charge in [-0.3, -0.25) is 14.5 Å². The van der Waals surface area contributed by atoms with Crippen molar-refractivity contribution in [3.63, 3.8) is 0 Å². The molecule has 1 saturated heterocycles. The third-order valence-corrected chi connectivity index (χ3v) is 13.8. The van der Waals surface area contributed by atoms with Crippen molar-refractivity contribution in [1.29, 1.82) is 0 Å². The second kappa shape index (κ2) is 12.6. The molecule has 0 amide bonds. The van der Waals surface area contributed by atoms with Crippen molar-refractivity contribution >= 4 is 17.9 Å². The minimum Gasteiger partial charge on any atom is -0.497 e. The van der Waals surface area contributed by atoms with Crippen molar-refractivity contribution < 1.29 is 62.5 Å². The van der Waals surface area contributed by atoms with Crippen LogP contribution in [-0.2, 0) is 42.7 Å². The smallest absolute Gasteiger partial charge is 0.338 e. The second-order valence-corrected chi connectivity index (χ2v) is 15.4. The Hall–Kier alpha value is -2.85. The predicted molar refractivity (Wildman–Crippen MR) is 177 cm³/mol. The van der Waals surface area contributed by atoms with E-state index in [9.17, 15) is 24.6 Å². The number of aliphatic hydroxyl groups excluding tert-OH is 1. The number of esters is 3. The number of hydrogen-bond acceptors (Lipinski definition) is 14. The lowest BCUT2D eigenvalue weighted by Gasteiger charge is -2.70. The summed E-state index contributed by atoms with van der Waals surface area (Å²) >= 11 is 0. The van der Waals surface area contributed by atoms with E-state index in [4.69, 9.17) is 37.9 Å². The maximum absolute atomic E-state index is 14.0. The molecule has 5 saturated carbocycles. The molecule has 5 unspecified atom stereocenters. The first kappa shape index (κ1) is 36.5. The number of rotatable bonds is 11. The molecule has 1 aromatic carbocycles. The lowest BCUT2D eigenvalue weighted by atomic mass is 9.42. The largest absolute Gasteiger partial charge is 0.497 e. The van der Waals surface area contributed by atoms with Crippen LogP contribution in [0, 0.1) is 34.5 Å². The van der Waals surface area contributed by atoms with Gasteiger partial charge >= 0.3 is 17.9 Å². The van der Waals surface area contributed by atoms with Gasteiger partial charge < -0.3 is 48.1 Å².